The summed E-state index contributed by atoms with van der Waals surface area (Å²) in [5.74, 6) is -0.456. The molecule has 4 rings (SSSR count). The number of aliphatic hydroxyl groups is 3. The number of fused-ring (bicyclic) bond motifs is 1. The van der Waals surface area contributed by atoms with E-state index in [1.54, 1.807) is 0 Å². The van der Waals surface area contributed by atoms with Crippen LogP contribution < -0.4 is 5.32 Å². The van der Waals surface area contributed by atoms with Gasteiger partial charge in [0.25, 0.3) is 0 Å². The number of aliphatic hydroxyl groups excluding tert-OH is 3. The number of rotatable bonds is 5. The van der Waals surface area contributed by atoms with Gasteiger partial charge in [0.2, 0.25) is 0 Å². The van der Waals surface area contributed by atoms with E-state index in [-0.39, 0.29) is 23.7 Å². The summed E-state index contributed by atoms with van der Waals surface area (Å²) in [4.78, 5) is 12.4. The zero-order valence-electron chi connectivity index (χ0n) is 14.5. The number of nitrogens with zero attached hydrogens (tertiary/aromatic N) is 4. The number of phenols is 1. The van der Waals surface area contributed by atoms with Crippen LogP contribution in [0.2, 0.25) is 0 Å². The van der Waals surface area contributed by atoms with Gasteiger partial charge in [-0.1, -0.05) is 6.07 Å². The number of halogens is 1. The maximum absolute atomic E-state index is 13.9. The van der Waals surface area contributed by atoms with E-state index in [0.29, 0.717) is 11.2 Å². The second-order valence-electron chi connectivity index (χ2n) is 6.37. The highest BCUT2D eigenvalue weighted by molar-refractivity contribution is 5.82. The normalized spacial score (nSPS) is 24.7. The molecular formula is C17H18FN5O5. The zero-order valence-corrected chi connectivity index (χ0v) is 14.5. The van der Waals surface area contributed by atoms with E-state index in [0.717, 1.165) is 0 Å². The average molecular weight is 391 g/mol. The Morgan fingerprint density at radius 1 is 1.18 bits per heavy atom. The molecule has 0 amide bonds. The van der Waals surface area contributed by atoms with Crippen molar-refractivity contribution in [1.29, 1.82) is 0 Å². The van der Waals surface area contributed by atoms with Crippen LogP contribution in [0.5, 0.6) is 5.75 Å². The van der Waals surface area contributed by atoms with Gasteiger partial charge in [0.15, 0.2) is 23.2 Å². The predicted octanol–water partition coefficient (Wildman–Crippen LogP) is -0.105. The highest BCUT2D eigenvalue weighted by Gasteiger charge is 2.44. The Morgan fingerprint density at radius 2 is 2.00 bits per heavy atom. The monoisotopic (exact) mass is 391 g/mol. The molecule has 1 aromatic carbocycles. The Morgan fingerprint density at radius 3 is 2.71 bits per heavy atom. The van der Waals surface area contributed by atoms with Crippen LogP contribution in [-0.4, -0.2) is 64.9 Å². The number of imidazole rings is 1. The SMILES string of the molecule is OC[C@H]1O[C@@H](n2cnc3c(NCc4c(O)cccc4F)ncnc32)[C@H](O)[C@@H]1O. The lowest BCUT2D eigenvalue weighted by Crippen LogP contribution is -2.33. The molecule has 3 heterocycles. The van der Waals surface area contributed by atoms with Crippen LogP contribution in [0, 0.1) is 5.82 Å². The lowest BCUT2D eigenvalue weighted by atomic mass is 10.1. The first-order valence-corrected chi connectivity index (χ1v) is 8.51. The van der Waals surface area contributed by atoms with E-state index < -0.39 is 37.0 Å². The van der Waals surface area contributed by atoms with E-state index in [2.05, 4.69) is 20.3 Å². The van der Waals surface area contributed by atoms with Crippen LogP contribution in [0.4, 0.5) is 10.2 Å². The number of hydrogen-bond acceptors (Lipinski definition) is 9. The average Bonchev–Trinajstić information content (AvgIpc) is 3.23. The molecule has 5 N–H and O–H groups in total. The maximum Gasteiger partial charge on any atom is 0.167 e. The van der Waals surface area contributed by atoms with Crippen LogP contribution in [0.25, 0.3) is 11.2 Å². The summed E-state index contributed by atoms with van der Waals surface area (Å²) in [6.45, 7) is -0.486. The Bertz CT molecular complexity index is 979. The topological polar surface area (TPSA) is 146 Å². The van der Waals surface area contributed by atoms with Gasteiger partial charge in [-0.2, -0.15) is 0 Å². The molecule has 0 aliphatic carbocycles. The molecule has 0 saturated carbocycles. The van der Waals surface area contributed by atoms with E-state index in [1.165, 1.54) is 35.4 Å². The lowest BCUT2D eigenvalue weighted by Gasteiger charge is -2.16. The third-order valence-electron chi connectivity index (χ3n) is 4.68. The molecule has 11 heteroatoms. The Kier molecular flexibility index (Phi) is 4.81. The molecule has 28 heavy (non-hydrogen) atoms. The van der Waals surface area contributed by atoms with E-state index in [1.807, 2.05) is 0 Å². The fourth-order valence-corrected chi connectivity index (χ4v) is 3.17. The highest BCUT2D eigenvalue weighted by atomic mass is 19.1. The molecule has 0 radical (unpaired) electrons. The molecule has 148 valence electrons. The summed E-state index contributed by atoms with van der Waals surface area (Å²) in [7, 11) is 0. The smallest absolute Gasteiger partial charge is 0.167 e. The second-order valence-corrected chi connectivity index (χ2v) is 6.37. The molecule has 1 aliphatic rings. The molecule has 1 saturated heterocycles. The second kappa shape index (κ2) is 7.28. The van der Waals surface area contributed by atoms with E-state index in [4.69, 9.17) is 4.74 Å². The summed E-state index contributed by atoms with van der Waals surface area (Å²) >= 11 is 0. The van der Waals surface area contributed by atoms with Crippen molar-refractivity contribution in [2.24, 2.45) is 0 Å². The quantitative estimate of drug-likeness (QED) is 0.402. The first kappa shape index (κ1) is 18.5. The van der Waals surface area contributed by atoms with Crippen LogP contribution >= 0.6 is 0 Å². The van der Waals surface area contributed by atoms with E-state index in [9.17, 15) is 24.8 Å². The minimum atomic E-state index is -1.28. The minimum absolute atomic E-state index is 0.0364. The van der Waals surface area contributed by atoms with Crippen LogP contribution in [-0.2, 0) is 11.3 Å². The van der Waals surface area contributed by atoms with Crippen molar-refractivity contribution in [3.63, 3.8) is 0 Å². The van der Waals surface area contributed by atoms with Gasteiger partial charge in [-0.3, -0.25) is 4.57 Å². The molecule has 2 aromatic heterocycles. The standard InChI is InChI=1S/C17H18FN5O5/c18-9-2-1-3-10(25)8(9)4-19-15-12-16(21-6-20-15)23(7-22-12)17-14(27)13(26)11(5-24)28-17/h1-3,6-7,11,13-14,17,24-27H,4-5H2,(H,19,20,21)/t11-,13-,14-,17-/m1/s1. The number of benzene rings is 1. The van der Waals surface area contributed by atoms with Crippen LogP contribution in [0.3, 0.4) is 0 Å². The maximum atomic E-state index is 13.9. The van der Waals surface area contributed by atoms with Crippen molar-refractivity contribution in [3.05, 3.63) is 42.2 Å². The van der Waals surface area contributed by atoms with Gasteiger partial charge >= 0.3 is 0 Å². The molecule has 0 bridgehead atoms. The third-order valence-corrected chi connectivity index (χ3v) is 4.68. The number of ether oxygens (including phenoxy) is 1. The first-order chi connectivity index (χ1) is 13.5. The van der Waals surface area contributed by atoms with Gasteiger partial charge in [0, 0.05) is 12.1 Å². The third kappa shape index (κ3) is 3.03. The molecule has 1 fully saturated rings. The van der Waals surface area contributed by atoms with Crippen molar-refractivity contribution in [3.8, 4) is 5.75 Å². The molecule has 0 spiro atoms. The van der Waals surface area contributed by atoms with Gasteiger partial charge < -0.3 is 30.5 Å². The minimum Gasteiger partial charge on any atom is -0.507 e. The number of phenolic OH excluding ortho intramolecular Hbond substituents is 1. The van der Waals surface area contributed by atoms with Gasteiger partial charge in [-0.05, 0) is 12.1 Å². The highest BCUT2D eigenvalue weighted by Crippen LogP contribution is 2.32. The fraction of sp³-hybridized carbons (Fsp3) is 0.353. The molecular weight excluding hydrogens is 373 g/mol. The summed E-state index contributed by atoms with van der Waals surface area (Å²) in [6.07, 6.45) is -1.83. The van der Waals surface area contributed by atoms with Gasteiger partial charge in [0.05, 0.1) is 12.9 Å². The van der Waals surface area contributed by atoms with Gasteiger partial charge in [-0.15, -0.1) is 0 Å². The van der Waals surface area contributed by atoms with Crippen molar-refractivity contribution >= 4 is 17.0 Å². The fourth-order valence-electron chi connectivity index (χ4n) is 3.17. The number of aromatic hydroxyl groups is 1. The van der Waals surface area contributed by atoms with Crippen LogP contribution in [0.15, 0.2) is 30.9 Å². The van der Waals surface area contributed by atoms with Crippen molar-refractivity contribution in [1.82, 2.24) is 19.5 Å². The Balaban J connectivity index is 1.62. The summed E-state index contributed by atoms with van der Waals surface area (Å²) < 4.78 is 20.8. The molecule has 4 atom stereocenters. The van der Waals surface area contributed by atoms with Crippen molar-refractivity contribution < 1.29 is 29.6 Å². The van der Waals surface area contributed by atoms with Crippen LogP contribution in [0.1, 0.15) is 11.8 Å². The summed E-state index contributed by atoms with van der Waals surface area (Å²) in [5, 5.41) is 42.1. The molecule has 10 nitrogen and oxygen atoms in total. The molecule has 0 unspecified atom stereocenters. The summed E-state index contributed by atoms with van der Waals surface area (Å²) in [6, 6.07) is 4.02. The van der Waals surface area contributed by atoms with Gasteiger partial charge in [0.1, 0.15) is 36.2 Å². The zero-order chi connectivity index (χ0) is 19.8. The Labute approximate surface area is 157 Å². The van der Waals surface area contributed by atoms with Crippen molar-refractivity contribution in [2.75, 3.05) is 11.9 Å². The van der Waals surface area contributed by atoms with Crippen molar-refractivity contribution in [2.45, 2.75) is 31.1 Å². The Hall–Kier alpha value is -2.86. The lowest BCUT2D eigenvalue weighted by molar-refractivity contribution is -0.0511. The largest absolute Gasteiger partial charge is 0.507 e. The number of aromatic nitrogens is 4. The van der Waals surface area contributed by atoms with E-state index >= 15 is 0 Å². The molecule has 1 aliphatic heterocycles. The van der Waals surface area contributed by atoms with Gasteiger partial charge in [-0.25, -0.2) is 19.3 Å². The number of hydrogen-bond donors (Lipinski definition) is 5. The first-order valence-electron chi connectivity index (χ1n) is 8.51. The number of nitrogens with one attached hydrogen (secondary N) is 1. The predicted molar refractivity (Wildman–Crippen MR) is 93.7 cm³/mol. The number of anilines is 1. The summed E-state index contributed by atoms with van der Waals surface area (Å²) in [5.41, 5.74) is 0.721. The molecule has 3 aromatic rings.